The number of rotatable bonds is 6. The molecule has 3 rings (SSSR count). The normalized spacial score (nSPS) is 11.6. The quantitative estimate of drug-likeness (QED) is 0.560. The summed E-state index contributed by atoms with van der Waals surface area (Å²) in [5.41, 5.74) is 0.386. The maximum absolute atomic E-state index is 14.1. The van der Waals surface area contributed by atoms with Crippen LogP contribution in [-0.4, -0.2) is 17.9 Å². The van der Waals surface area contributed by atoms with Crippen molar-refractivity contribution in [2.24, 2.45) is 0 Å². The second-order valence-corrected chi connectivity index (χ2v) is 6.77. The van der Waals surface area contributed by atoms with E-state index in [1.165, 1.54) is 37.5 Å². The highest BCUT2D eigenvalue weighted by molar-refractivity contribution is 6.32. The lowest BCUT2D eigenvalue weighted by Crippen LogP contribution is -2.30. The largest absolute Gasteiger partial charge is 0.479 e. The van der Waals surface area contributed by atoms with Gasteiger partial charge in [0.05, 0.1) is 22.5 Å². The Bertz CT molecular complexity index is 1100. The molecule has 0 spiro atoms. The second kappa shape index (κ2) is 8.96. The maximum Gasteiger partial charge on any atom is 0.265 e. The molecule has 0 aliphatic heterocycles. The number of carbonyl (C=O) groups is 2. The molecule has 1 heterocycles. The van der Waals surface area contributed by atoms with Crippen molar-refractivity contribution in [3.8, 4) is 5.75 Å². The molecule has 1 atom stereocenters. The molecule has 1 aromatic heterocycles. The topological polar surface area (TPSA) is 80.6 Å². The molecule has 0 bridgehead atoms. The van der Waals surface area contributed by atoms with Crippen LogP contribution in [0, 0.1) is 18.6 Å². The molecule has 0 aliphatic carbocycles. The molecule has 30 heavy (non-hydrogen) atoms. The molecule has 0 saturated heterocycles. The van der Waals surface area contributed by atoms with E-state index in [9.17, 15) is 18.4 Å². The SMILES string of the molecule is Cc1occc1C(=O)Nc1cc(NC(=O)C(C)Oc2ccc(F)cc2Cl)ccc1F. The minimum absolute atomic E-state index is 0.0240. The molecular formula is C21H17ClF2N2O4. The van der Waals surface area contributed by atoms with Crippen molar-refractivity contribution in [3.05, 3.63) is 76.7 Å². The Morgan fingerprint density at radius 1 is 1.10 bits per heavy atom. The van der Waals surface area contributed by atoms with Gasteiger partial charge in [-0.25, -0.2) is 8.78 Å². The average Bonchev–Trinajstić information content (AvgIpc) is 3.12. The molecule has 0 saturated carbocycles. The molecule has 2 N–H and O–H groups in total. The Kier molecular flexibility index (Phi) is 6.37. The lowest BCUT2D eigenvalue weighted by atomic mass is 10.2. The Labute approximate surface area is 175 Å². The third-order valence-electron chi connectivity index (χ3n) is 4.15. The lowest BCUT2D eigenvalue weighted by Gasteiger charge is -2.16. The van der Waals surface area contributed by atoms with Gasteiger partial charge in [-0.05, 0) is 56.3 Å². The standard InChI is InChI=1S/C21H17ClF2N2O4/c1-11-15(7-8-29-11)21(28)26-18-10-14(4-5-17(18)24)25-20(27)12(2)30-19-6-3-13(23)9-16(19)22/h3-10,12H,1-2H3,(H,25,27)(H,26,28). The van der Waals surface area contributed by atoms with Crippen molar-refractivity contribution in [1.82, 2.24) is 0 Å². The van der Waals surface area contributed by atoms with Crippen LogP contribution in [0.3, 0.4) is 0 Å². The Hall–Kier alpha value is -3.39. The van der Waals surface area contributed by atoms with Crippen molar-refractivity contribution in [3.63, 3.8) is 0 Å². The highest BCUT2D eigenvalue weighted by Crippen LogP contribution is 2.26. The summed E-state index contributed by atoms with van der Waals surface area (Å²) in [4.78, 5) is 24.7. The summed E-state index contributed by atoms with van der Waals surface area (Å²) in [6, 6.07) is 8.72. The van der Waals surface area contributed by atoms with E-state index in [1.807, 2.05) is 0 Å². The first kappa shape index (κ1) is 21.3. The van der Waals surface area contributed by atoms with Crippen LogP contribution in [0.4, 0.5) is 20.2 Å². The third-order valence-corrected chi connectivity index (χ3v) is 4.45. The average molecular weight is 435 g/mol. The van der Waals surface area contributed by atoms with Gasteiger partial charge in [0, 0.05) is 5.69 Å². The van der Waals surface area contributed by atoms with Gasteiger partial charge in [-0.2, -0.15) is 0 Å². The van der Waals surface area contributed by atoms with E-state index in [2.05, 4.69) is 10.6 Å². The minimum Gasteiger partial charge on any atom is -0.479 e. The molecule has 9 heteroatoms. The zero-order valence-electron chi connectivity index (χ0n) is 16.0. The van der Waals surface area contributed by atoms with Crippen LogP contribution >= 0.6 is 11.6 Å². The van der Waals surface area contributed by atoms with Gasteiger partial charge in [0.2, 0.25) is 0 Å². The van der Waals surface area contributed by atoms with Crippen LogP contribution in [-0.2, 0) is 4.79 Å². The number of furan rings is 1. The summed E-state index contributed by atoms with van der Waals surface area (Å²) in [5.74, 6) is -1.77. The lowest BCUT2D eigenvalue weighted by molar-refractivity contribution is -0.122. The fraction of sp³-hybridized carbons (Fsp3) is 0.143. The van der Waals surface area contributed by atoms with Crippen LogP contribution in [0.1, 0.15) is 23.0 Å². The highest BCUT2D eigenvalue weighted by atomic mass is 35.5. The summed E-state index contributed by atoms with van der Waals surface area (Å²) in [6.07, 6.45) is 0.371. The van der Waals surface area contributed by atoms with Gasteiger partial charge in [-0.1, -0.05) is 11.6 Å². The molecule has 156 valence electrons. The summed E-state index contributed by atoms with van der Waals surface area (Å²) in [7, 11) is 0. The number of benzene rings is 2. The van der Waals surface area contributed by atoms with Crippen LogP contribution in [0.25, 0.3) is 0 Å². The van der Waals surface area contributed by atoms with E-state index in [0.717, 1.165) is 18.2 Å². The molecule has 0 fully saturated rings. The summed E-state index contributed by atoms with van der Waals surface area (Å²) in [5, 5.41) is 5.03. The van der Waals surface area contributed by atoms with Crippen molar-refractivity contribution in [2.45, 2.75) is 20.0 Å². The zero-order chi connectivity index (χ0) is 21.8. The van der Waals surface area contributed by atoms with Gasteiger partial charge in [0.1, 0.15) is 23.1 Å². The first-order chi connectivity index (χ1) is 14.2. The monoisotopic (exact) mass is 434 g/mol. The molecule has 1 unspecified atom stereocenters. The number of ether oxygens (including phenoxy) is 1. The predicted octanol–water partition coefficient (Wildman–Crippen LogP) is 5.18. The second-order valence-electron chi connectivity index (χ2n) is 6.36. The van der Waals surface area contributed by atoms with Crippen molar-refractivity contribution >= 4 is 34.8 Å². The van der Waals surface area contributed by atoms with Crippen molar-refractivity contribution in [1.29, 1.82) is 0 Å². The Morgan fingerprint density at radius 2 is 1.87 bits per heavy atom. The van der Waals surface area contributed by atoms with Crippen LogP contribution in [0.5, 0.6) is 5.75 Å². The molecule has 0 radical (unpaired) electrons. The van der Waals surface area contributed by atoms with E-state index >= 15 is 0 Å². The van der Waals surface area contributed by atoms with Gasteiger partial charge in [-0.15, -0.1) is 0 Å². The fourth-order valence-corrected chi connectivity index (χ4v) is 2.78. The van der Waals surface area contributed by atoms with E-state index in [1.54, 1.807) is 6.92 Å². The minimum atomic E-state index is -0.982. The van der Waals surface area contributed by atoms with E-state index < -0.39 is 29.6 Å². The van der Waals surface area contributed by atoms with Crippen molar-refractivity contribution < 1.29 is 27.5 Å². The van der Waals surface area contributed by atoms with Gasteiger partial charge in [0.15, 0.2) is 6.10 Å². The third kappa shape index (κ3) is 4.96. The van der Waals surface area contributed by atoms with E-state index in [-0.39, 0.29) is 27.7 Å². The molecule has 2 aromatic carbocycles. The highest BCUT2D eigenvalue weighted by Gasteiger charge is 2.18. The molecule has 2 amide bonds. The maximum atomic E-state index is 14.1. The number of hydrogen-bond donors (Lipinski definition) is 2. The summed E-state index contributed by atoms with van der Waals surface area (Å²) < 4.78 is 37.7. The Balaban J connectivity index is 1.68. The number of hydrogen-bond acceptors (Lipinski definition) is 4. The Morgan fingerprint density at radius 3 is 2.53 bits per heavy atom. The smallest absolute Gasteiger partial charge is 0.265 e. The zero-order valence-corrected chi connectivity index (χ0v) is 16.7. The molecule has 0 aliphatic rings. The van der Waals surface area contributed by atoms with Gasteiger partial charge in [0.25, 0.3) is 11.8 Å². The van der Waals surface area contributed by atoms with Crippen molar-refractivity contribution in [2.75, 3.05) is 10.6 Å². The fourth-order valence-electron chi connectivity index (χ4n) is 2.57. The number of anilines is 2. The van der Waals surface area contributed by atoms with Gasteiger partial charge >= 0.3 is 0 Å². The van der Waals surface area contributed by atoms with E-state index in [0.29, 0.717) is 5.76 Å². The molecule has 3 aromatic rings. The summed E-state index contributed by atoms with van der Waals surface area (Å²) >= 11 is 5.89. The number of amides is 2. The van der Waals surface area contributed by atoms with Gasteiger partial charge in [-0.3, -0.25) is 9.59 Å². The van der Waals surface area contributed by atoms with E-state index in [4.69, 9.17) is 20.8 Å². The van der Waals surface area contributed by atoms with Gasteiger partial charge < -0.3 is 19.8 Å². The predicted molar refractivity (Wildman–Crippen MR) is 108 cm³/mol. The van der Waals surface area contributed by atoms with Crippen LogP contribution in [0.2, 0.25) is 5.02 Å². The molecule has 6 nitrogen and oxygen atoms in total. The molecular weight excluding hydrogens is 418 g/mol. The first-order valence-electron chi connectivity index (χ1n) is 8.82. The first-order valence-corrected chi connectivity index (χ1v) is 9.20. The van der Waals surface area contributed by atoms with Crippen LogP contribution < -0.4 is 15.4 Å². The summed E-state index contributed by atoms with van der Waals surface area (Å²) in [6.45, 7) is 3.08. The number of aryl methyl sites for hydroxylation is 1. The number of nitrogens with one attached hydrogen (secondary N) is 2. The number of halogens is 3. The van der Waals surface area contributed by atoms with Crippen LogP contribution in [0.15, 0.2) is 53.1 Å². The number of carbonyl (C=O) groups excluding carboxylic acids is 2.